The fourth-order valence-electron chi connectivity index (χ4n) is 1.74. The Hall–Kier alpha value is -1.92. The molecule has 0 spiro atoms. The second kappa shape index (κ2) is 5.22. The van der Waals surface area contributed by atoms with Gasteiger partial charge in [0, 0.05) is 14.1 Å². The average Bonchev–Trinajstić information content (AvgIpc) is 2.42. The van der Waals surface area contributed by atoms with Crippen molar-refractivity contribution in [3.63, 3.8) is 0 Å². The number of aromatic hydroxyl groups is 1. The summed E-state index contributed by atoms with van der Waals surface area (Å²) in [5.41, 5.74) is 1.13. The lowest BCUT2D eigenvalue weighted by molar-refractivity contribution is 0.433. The van der Waals surface area contributed by atoms with E-state index in [2.05, 4.69) is 0 Å². The van der Waals surface area contributed by atoms with Crippen LogP contribution in [0.5, 0.6) is 5.75 Å². The Balaban J connectivity index is 2.52. The quantitative estimate of drug-likeness (QED) is 0.946. The largest absolute Gasteiger partial charge is 0.505 e. The third kappa shape index (κ3) is 2.66. The van der Waals surface area contributed by atoms with Gasteiger partial charge in [-0.3, -0.25) is 0 Å². The fourth-order valence-corrected chi connectivity index (χ4v) is 2.69. The number of phenolic OH excluding ortho intramolecular Hbond substituents is 1. The molecule has 106 valence electrons. The van der Waals surface area contributed by atoms with Crippen molar-refractivity contribution in [1.29, 1.82) is 0 Å². The molecule has 0 aliphatic rings. The van der Waals surface area contributed by atoms with E-state index in [1.165, 1.54) is 38.4 Å². The second-order valence-corrected chi connectivity index (χ2v) is 6.63. The molecule has 1 N–H and O–H groups in total. The molecule has 0 saturated heterocycles. The number of nitrogens with zero attached hydrogens (tertiary/aromatic N) is 1. The summed E-state index contributed by atoms with van der Waals surface area (Å²) >= 11 is 0. The zero-order chi connectivity index (χ0) is 14.9. The highest BCUT2D eigenvalue weighted by molar-refractivity contribution is 7.89. The maximum atomic E-state index is 13.0. The average molecular weight is 295 g/mol. The number of rotatable bonds is 3. The molecule has 2 rings (SSSR count). The fraction of sp³-hybridized carbons (Fsp3) is 0.143. The van der Waals surface area contributed by atoms with Crippen molar-refractivity contribution in [3.8, 4) is 16.9 Å². The van der Waals surface area contributed by atoms with Crippen molar-refractivity contribution in [2.45, 2.75) is 4.90 Å². The van der Waals surface area contributed by atoms with Crippen molar-refractivity contribution in [2.75, 3.05) is 14.1 Å². The summed E-state index contributed by atoms with van der Waals surface area (Å²) in [4.78, 5) is 0.142. The van der Waals surface area contributed by atoms with Crippen LogP contribution in [-0.4, -0.2) is 31.9 Å². The summed E-state index contributed by atoms with van der Waals surface area (Å²) < 4.78 is 38.3. The number of benzene rings is 2. The predicted octanol–water partition coefficient (Wildman–Crippen LogP) is 2.45. The summed E-state index contributed by atoms with van der Waals surface area (Å²) in [6, 6.07) is 10.2. The normalized spacial score (nSPS) is 11.8. The van der Waals surface area contributed by atoms with E-state index in [4.69, 9.17) is 0 Å². The summed E-state index contributed by atoms with van der Waals surface area (Å²) in [7, 11) is -0.629. The van der Waals surface area contributed by atoms with Gasteiger partial charge in [0.15, 0.2) is 11.6 Å². The van der Waals surface area contributed by atoms with Gasteiger partial charge in [-0.1, -0.05) is 18.2 Å². The van der Waals surface area contributed by atoms with E-state index in [0.29, 0.717) is 11.1 Å². The molecule has 0 aliphatic carbocycles. The Kier molecular flexibility index (Phi) is 3.78. The molecule has 0 bridgehead atoms. The third-order valence-electron chi connectivity index (χ3n) is 2.89. The predicted molar refractivity (Wildman–Crippen MR) is 74.4 cm³/mol. The molecular formula is C14H14FNO3S. The third-order valence-corrected chi connectivity index (χ3v) is 4.70. The monoisotopic (exact) mass is 295 g/mol. The van der Waals surface area contributed by atoms with Gasteiger partial charge in [-0.2, -0.15) is 0 Å². The lowest BCUT2D eigenvalue weighted by Gasteiger charge is -2.12. The Morgan fingerprint density at radius 1 is 1.05 bits per heavy atom. The number of hydrogen-bond donors (Lipinski definition) is 1. The Labute approximate surface area is 117 Å². The van der Waals surface area contributed by atoms with Gasteiger partial charge < -0.3 is 5.11 Å². The maximum absolute atomic E-state index is 13.0. The molecule has 4 nitrogen and oxygen atoms in total. The van der Waals surface area contributed by atoms with Gasteiger partial charge in [0.25, 0.3) is 0 Å². The molecule has 0 saturated carbocycles. The molecule has 0 heterocycles. The lowest BCUT2D eigenvalue weighted by atomic mass is 10.1. The highest BCUT2D eigenvalue weighted by Crippen LogP contribution is 2.27. The zero-order valence-corrected chi connectivity index (χ0v) is 11.9. The van der Waals surface area contributed by atoms with E-state index in [0.717, 1.165) is 10.4 Å². The van der Waals surface area contributed by atoms with Gasteiger partial charge in [0.1, 0.15) is 0 Å². The van der Waals surface area contributed by atoms with E-state index >= 15 is 0 Å². The summed E-state index contributed by atoms with van der Waals surface area (Å²) in [6.07, 6.45) is 0. The van der Waals surface area contributed by atoms with Gasteiger partial charge in [-0.05, 0) is 35.4 Å². The highest BCUT2D eigenvalue weighted by atomic mass is 32.2. The van der Waals surface area contributed by atoms with E-state index in [1.54, 1.807) is 12.1 Å². The van der Waals surface area contributed by atoms with Crippen LogP contribution in [0.25, 0.3) is 11.1 Å². The van der Waals surface area contributed by atoms with Gasteiger partial charge >= 0.3 is 0 Å². The highest BCUT2D eigenvalue weighted by Gasteiger charge is 2.17. The summed E-state index contributed by atoms with van der Waals surface area (Å²) in [6.45, 7) is 0. The van der Waals surface area contributed by atoms with E-state index in [1.807, 2.05) is 0 Å². The smallest absolute Gasteiger partial charge is 0.242 e. The van der Waals surface area contributed by atoms with Crippen LogP contribution in [0.2, 0.25) is 0 Å². The Bertz CT molecular complexity index is 742. The molecule has 0 atom stereocenters. The van der Waals surface area contributed by atoms with Crippen LogP contribution in [0.4, 0.5) is 4.39 Å². The van der Waals surface area contributed by atoms with Crippen LogP contribution in [0, 0.1) is 5.82 Å². The first kappa shape index (κ1) is 14.5. The van der Waals surface area contributed by atoms with Crippen LogP contribution in [0.3, 0.4) is 0 Å². The summed E-state index contributed by atoms with van der Waals surface area (Å²) in [5.74, 6) is -1.19. The molecule has 20 heavy (non-hydrogen) atoms. The topological polar surface area (TPSA) is 57.6 Å². The minimum Gasteiger partial charge on any atom is -0.505 e. The first-order valence-corrected chi connectivity index (χ1v) is 7.28. The SMILES string of the molecule is CN(C)S(=O)(=O)c1cccc(-c2ccc(F)c(O)c2)c1. The van der Waals surface area contributed by atoms with E-state index in [-0.39, 0.29) is 4.90 Å². The molecule has 0 unspecified atom stereocenters. The molecule has 0 radical (unpaired) electrons. The van der Waals surface area contributed by atoms with Crippen LogP contribution < -0.4 is 0 Å². The van der Waals surface area contributed by atoms with E-state index < -0.39 is 21.6 Å². The second-order valence-electron chi connectivity index (χ2n) is 4.48. The Morgan fingerprint density at radius 3 is 2.30 bits per heavy atom. The van der Waals surface area contributed by atoms with Crippen LogP contribution in [-0.2, 0) is 10.0 Å². The molecular weight excluding hydrogens is 281 g/mol. The molecule has 0 amide bonds. The Morgan fingerprint density at radius 2 is 1.70 bits per heavy atom. The van der Waals surface area contributed by atoms with Gasteiger partial charge in [-0.25, -0.2) is 17.1 Å². The van der Waals surface area contributed by atoms with Crippen molar-refractivity contribution < 1.29 is 17.9 Å². The molecule has 0 aliphatic heterocycles. The number of hydrogen-bond acceptors (Lipinski definition) is 3. The minimum absolute atomic E-state index is 0.142. The first-order valence-electron chi connectivity index (χ1n) is 5.84. The number of phenols is 1. The first-order chi connectivity index (χ1) is 9.32. The van der Waals surface area contributed by atoms with Crippen molar-refractivity contribution in [3.05, 3.63) is 48.3 Å². The van der Waals surface area contributed by atoms with Gasteiger partial charge in [0.2, 0.25) is 10.0 Å². The molecule has 6 heteroatoms. The summed E-state index contributed by atoms with van der Waals surface area (Å²) in [5, 5.41) is 9.38. The molecule has 2 aromatic rings. The minimum atomic E-state index is -3.53. The van der Waals surface area contributed by atoms with Gasteiger partial charge in [-0.15, -0.1) is 0 Å². The van der Waals surface area contributed by atoms with Gasteiger partial charge in [0.05, 0.1) is 4.90 Å². The molecule has 0 aromatic heterocycles. The van der Waals surface area contributed by atoms with Crippen molar-refractivity contribution in [2.24, 2.45) is 0 Å². The lowest BCUT2D eigenvalue weighted by Crippen LogP contribution is -2.22. The maximum Gasteiger partial charge on any atom is 0.242 e. The molecule has 0 fully saturated rings. The van der Waals surface area contributed by atoms with Crippen molar-refractivity contribution >= 4 is 10.0 Å². The number of sulfonamides is 1. The van der Waals surface area contributed by atoms with Crippen molar-refractivity contribution in [1.82, 2.24) is 4.31 Å². The zero-order valence-electron chi connectivity index (χ0n) is 11.0. The van der Waals surface area contributed by atoms with Crippen LogP contribution in [0.15, 0.2) is 47.4 Å². The van der Waals surface area contributed by atoms with E-state index in [9.17, 15) is 17.9 Å². The van der Waals surface area contributed by atoms with Crippen LogP contribution in [0.1, 0.15) is 0 Å². The number of halogens is 1. The van der Waals surface area contributed by atoms with Crippen LogP contribution >= 0.6 is 0 Å². The molecule has 2 aromatic carbocycles. The standard InChI is InChI=1S/C14H14FNO3S/c1-16(2)20(18,19)12-5-3-4-10(8-12)11-6-7-13(15)14(17)9-11/h3-9,17H,1-2H3.